The van der Waals surface area contributed by atoms with Crippen LogP contribution in [0.5, 0.6) is 11.5 Å². The first-order chi connectivity index (χ1) is 20.4. The molecule has 4 aromatic rings. The second-order valence-electron chi connectivity index (χ2n) is 9.96. The topological polar surface area (TPSA) is 90.3 Å². The molecule has 0 spiro atoms. The Bertz CT molecular complexity index is 1600. The molecule has 1 unspecified atom stereocenters. The van der Waals surface area contributed by atoms with Crippen LogP contribution >= 0.6 is 27.7 Å². The van der Waals surface area contributed by atoms with Gasteiger partial charge in [0.2, 0.25) is 11.1 Å². The fourth-order valence-corrected chi connectivity index (χ4v) is 5.68. The lowest BCUT2D eigenvalue weighted by atomic mass is 9.94. The largest absolute Gasteiger partial charge is 0.490 e. The van der Waals surface area contributed by atoms with Gasteiger partial charge in [-0.3, -0.25) is 4.79 Å². The van der Waals surface area contributed by atoms with Crippen LogP contribution in [0, 0.1) is 6.92 Å². The minimum Gasteiger partial charge on any atom is -0.490 e. The van der Waals surface area contributed by atoms with Gasteiger partial charge in [0.05, 0.1) is 12.2 Å². The average Bonchev–Trinajstić information content (AvgIpc) is 3.38. The Labute approximate surface area is 259 Å². The van der Waals surface area contributed by atoms with Crippen molar-refractivity contribution in [3.05, 3.63) is 99.2 Å². The van der Waals surface area contributed by atoms with E-state index in [1.54, 1.807) is 16.4 Å². The van der Waals surface area contributed by atoms with Crippen molar-refractivity contribution in [1.29, 1.82) is 0 Å². The zero-order chi connectivity index (χ0) is 29.6. The summed E-state index contributed by atoms with van der Waals surface area (Å²) < 4.78 is 15.0. The molecule has 2 heterocycles. The Hall–Kier alpha value is -3.76. The smallest absolute Gasteiger partial charge is 0.255 e. The van der Waals surface area contributed by atoms with Crippen LogP contribution in [0.4, 0.5) is 11.6 Å². The van der Waals surface area contributed by atoms with Crippen molar-refractivity contribution in [3.8, 4) is 11.5 Å². The number of aryl methyl sites for hydroxylation is 1. The third-order valence-electron chi connectivity index (χ3n) is 6.68. The molecule has 1 atom stereocenters. The lowest BCUT2D eigenvalue weighted by Gasteiger charge is -2.29. The number of benzene rings is 3. The zero-order valence-electron chi connectivity index (χ0n) is 24.1. The van der Waals surface area contributed by atoms with Crippen LogP contribution in [-0.2, 0) is 11.4 Å². The minimum atomic E-state index is -0.533. The maximum Gasteiger partial charge on any atom is 0.255 e. The average molecular weight is 649 g/mol. The third kappa shape index (κ3) is 6.82. The van der Waals surface area contributed by atoms with Crippen LogP contribution in [0.15, 0.2) is 87.6 Å². The van der Waals surface area contributed by atoms with Gasteiger partial charge in [-0.25, -0.2) is 4.68 Å². The molecule has 1 aromatic heterocycles. The number of fused-ring (bicyclic) bond motifs is 1. The molecule has 0 saturated carbocycles. The van der Waals surface area contributed by atoms with Crippen molar-refractivity contribution in [2.75, 3.05) is 23.0 Å². The van der Waals surface area contributed by atoms with Gasteiger partial charge in [-0.15, -0.1) is 5.10 Å². The first-order valence-corrected chi connectivity index (χ1v) is 15.7. The SMILES string of the molecule is CCCSc1nc2n(n1)C(c1ccc(OCc3ccc(Br)cc3)c(OCC)c1)C(C(=O)Nc1cccc(C)c1)=C(C)N2. The number of allylic oxidation sites excluding steroid dienone is 1. The number of halogens is 1. The van der Waals surface area contributed by atoms with E-state index in [4.69, 9.17) is 19.6 Å². The molecular weight excluding hydrogens is 614 g/mol. The fourth-order valence-electron chi connectivity index (χ4n) is 4.73. The first kappa shape index (κ1) is 29.7. The summed E-state index contributed by atoms with van der Waals surface area (Å²) >= 11 is 5.07. The predicted octanol–water partition coefficient (Wildman–Crippen LogP) is 7.76. The summed E-state index contributed by atoms with van der Waals surface area (Å²) in [6.45, 7) is 8.82. The van der Waals surface area contributed by atoms with E-state index in [1.165, 1.54) is 0 Å². The first-order valence-electron chi connectivity index (χ1n) is 14.0. The van der Waals surface area contributed by atoms with Crippen molar-refractivity contribution in [1.82, 2.24) is 14.8 Å². The van der Waals surface area contributed by atoms with Crippen molar-refractivity contribution >= 4 is 45.2 Å². The highest BCUT2D eigenvalue weighted by molar-refractivity contribution is 9.10. The molecule has 2 N–H and O–H groups in total. The molecule has 42 heavy (non-hydrogen) atoms. The molecule has 0 saturated heterocycles. The molecule has 0 aliphatic carbocycles. The van der Waals surface area contributed by atoms with E-state index in [1.807, 2.05) is 87.5 Å². The summed E-state index contributed by atoms with van der Waals surface area (Å²) in [5.74, 6) is 2.51. The summed E-state index contributed by atoms with van der Waals surface area (Å²) in [6, 6.07) is 21.0. The van der Waals surface area contributed by atoms with Crippen LogP contribution in [0.2, 0.25) is 0 Å². The molecule has 0 radical (unpaired) electrons. The number of nitrogens with zero attached hydrogens (tertiary/aromatic N) is 3. The Balaban J connectivity index is 1.52. The second-order valence-corrected chi connectivity index (χ2v) is 11.9. The summed E-state index contributed by atoms with van der Waals surface area (Å²) in [4.78, 5) is 18.6. The quantitative estimate of drug-likeness (QED) is 0.161. The summed E-state index contributed by atoms with van der Waals surface area (Å²) in [6.07, 6.45) is 1.01. The van der Waals surface area contributed by atoms with Crippen molar-refractivity contribution in [2.45, 2.75) is 51.9 Å². The van der Waals surface area contributed by atoms with Crippen LogP contribution in [0.3, 0.4) is 0 Å². The lowest BCUT2D eigenvalue weighted by Crippen LogP contribution is -2.31. The van der Waals surface area contributed by atoms with E-state index in [0.29, 0.717) is 47.1 Å². The van der Waals surface area contributed by atoms with E-state index in [2.05, 4.69) is 33.5 Å². The van der Waals surface area contributed by atoms with Gasteiger partial charge in [0, 0.05) is 21.6 Å². The molecule has 0 fully saturated rings. The number of carbonyl (C=O) groups is 1. The molecule has 10 heteroatoms. The van der Waals surface area contributed by atoms with Gasteiger partial charge in [0.15, 0.2) is 11.5 Å². The summed E-state index contributed by atoms with van der Waals surface area (Å²) in [5.41, 5.74) is 4.93. The Morgan fingerprint density at radius 1 is 1.05 bits per heavy atom. The number of hydrogen-bond donors (Lipinski definition) is 2. The number of ether oxygens (including phenoxy) is 2. The van der Waals surface area contributed by atoms with Gasteiger partial charge in [-0.1, -0.05) is 64.9 Å². The number of nitrogens with one attached hydrogen (secondary N) is 2. The van der Waals surface area contributed by atoms with Gasteiger partial charge < -0.3 is 20.1 Å². The van der Waals surface area contributed by atoms with Gasteiger partial charge >= 0.3 is 0 Å². The Kier molecular flexibility index (Phi) is 9.54. The van der Waals surface area contributed by atoms with Gasteiger partial charge in [-0.2, -0.15) is 4.98 Å². The molecule has 3 aromatic carbocycles. The van der Waals surface area contributed by atoms with Crippen LogP contribution in [0.25, 0.3) is 0 Å². The molecule has 0 bridgehead atoms. The number of rotatable bonds is 11. The number of anilines is 2. The maximum absolute atomic E-state index is 13.9. The highest BCUT2D eigenvalue weighted by Gasteiger charge is 2.35. The van der Waals surface area contributed by atoms with E-state index in [-0.39, 0.29) is 5.91 Å². The summed E-state index contributed by atoms with van der Waals surface area (Å²) in [5, 5.41) is 11.9. The molecule has 8 nitrogen and oxygen atoms in total. The normalized spacial score (nSPS) is 14.3. The van der Waals surface area contributed by atoms with Crippen LogP contribution in [0.1, 0.15) is 49.9 Å². The Morgan fingerprint density at radius 2 is 1.86 bits per heavy atom. The maximum atomic E-state index is 13.9. The highest BCUT2D eigenvalue weighted by Crippen LogP contribution is 2.40. The number of carbonyl (C=O) groups excluding carboxylic acids is 1. The van der Waals surface area contributed by atoms with Crippen LogP contribution in [-0.4, -0.2) is 33.0 Å². The van der Waals surface area contributed by atoms with Crippen molar-refractivity contribution in [2.24, 2.45) is 0 Å². The zero-order valence-corrected chi connectivity index (χ0v) is 26.5. The van der Waals surface area contributed by atoms with E-state index in [9.17, 15) is 4.79 Å². The molecule has 218 valence electrons. The van der Waals surface area contributed by atoms with E-state index in [0.717, 1.165) is 39.0 Å². The standard InChI is InChI=1S/C32H34BrN5O3S/c1-5-16-42-32-36-31-34-21(4)28(30(39)35-25-9-7-8-20(3)17-25)29(38(31)37-32)23-12-15-26(27(18-23)40-6-2)41-19-22-10-13-24(33)14-11-22/h7-15,17-18,29H,5-6,16,19H2,1-4H3,(H,35,39)(H,34,36,37). The van der Waals surface area contributed by atoms with Gasteiger partial charge in [0.25, 0.3) is 5.91 Å². The van der Waals surface area contributed by atoms with Crippen molar-refractivity contribution < 1.29 is 14.3 Å². The van der Waals surface area contributed by atoms with Gasteiger partial charge in [0.1, 0.15) is 12.6 Å². The molecule has 1 aliphatic rings. The third-order valence-corrected chi connectivity index (χ3v) is 8.25. The highest BCUT2D eigenvalue weighted by atomic mass is 79.9. The van der Waals surface area contributed by atoms with Gasteiger partial charge in [-0.05, 0) is 80.3 Å². The number of hydrogen-bond acceptors (Lipinski definition) is 7. The molecule has 1 aliphatic heterocycles. The number of aromatic nitrogens is 3. The number of amides is 1. The Morgan fingerprint density at radius 3 is 2.60 bits per heavy atom. The predicted molar refractivity (Wildman–Crippen MR) is 171 cm³/mol. The fraction of sp³-hybridized carbons (Fsp3) is 0.281. The number of thioether (sulfide) groups is 1. The van der Waals surface area contributed by atoms with E-state index >= 15 is 0 Å². The van der Waals surface area contributed by atoms with Crippen molar-refractivity contribution in [3.63, 3.8) is 0 Å². The molecule has 5 rings (SSSR count). The molecular formula is C32H34BrN5O3S. The van der Waals surface area contributed by atoms with Crippen LogP contribution < -0.4 is 20.1 Å². The second kappa shape index (κ2) is 13.5. The minimum absolute atomic E-state index is 0.215. The van der Waals surface area contributed by atoms with E-state index < -0.39 is 6.04 Å². The molecule has 1 amide bonds. The summed E-state index contributed by atoms with van der Waals surface area (Å²) in [7, 11) is 0. The lowest BCUT2D eigenvalue weighted by molar-refractivity contribution is -0.113. The monoisotopic (exact) mass is 647 g/mol.